The Morgan fingerprint density at radius 2 is 2.00 bits per heavy atom. The number of aromatic carboxylic acids is 1. The smallest absolute Gasteiger partial charge is 0.355 e. The highest BCUT2D eigenvalue weighted by molar-refractivity contribution is 7.14. The van der Waals surface area contributed by atoms with E-state index < -0.39 is 5.97 Å². The molecule has 1 aliphatic carbocycles. The normalized spacial score (nSPS) is 15.8. The van der Waals surface area contributed by atoms with Crippen LogP contribution in [0.5, 0.6) is 0 Å². The van der Waals surface area contributed by atoms with E-state index in [4.69, 9.17) is 28.3 Å². The number of hydrogen-bond donors (Lipinski definition) is 2. The van der Waals surface area contributed by atoms with Crippen molar-refractivity contribution in [3.63, 3.8) is 0 Å². The van der Waals surface area contributed by atoms with Gasteiger partial charge in [-0.05, 0) is 30.0 Å². The molecule has 0 saturated heterocycles. The number of carboxylic acids is 1. The fourth-order valence-corrected chi connectivity index (χ4v) is 4.32. The van der Waals surface area contributed by atoms with Gasteiger partial charge in [0.1, 0.15) is 0 Å². The number of anilines is 1. The van der Waals surface area contributed by atoms with Crippen LogP contribution in [-0.2, 0) is 4.79 Å². The molecular formula is C18H18Cl2N2O3S. The molecule has 1 saturated carbocycles. The second-order valence-corrected chi connectivity index (χ2v) is 8.12. The highest BCUT2D eigenvalue weighted by Gasteiger charge is 2.28. The molecule has 0 aliphatic heterocycles. The average molecular weight is 413 g/mol. The fourth-order valence-electron chi connectivity index (χ4n) is 3.32. The van der Waals surface area contributed by atoms with Crippen LogP contribution in [0.15, 0.2) is 23.6 Å². The van der Waals surface area contributed by atoms with Gasteiger partial charge in [-0.25, -0.2) is 9.78 Å². The van der Waals surface area contributed by atoms with Crippen LogP contribution in [0.25, 0.3) is 0 Å². The number of thiazole rings is 1. The molecule has 0 radical (unpaired) electrons. The molecule has 1 aliphatic rings. The largest absolute Gasteiger partial charge is 0.476 e. The van der Waals surface area contributed by atoms with E-state index in [-0.39, 0.29) is 22.7 Å². The first-order valence-corrected chi connectivity index (χ1v) is 10.0. The van der Waals surface area contributed by atoms with Gasteiger partial charge in [-0.15, -0.1) is 11.3 Å². The molecule has 5 nitrogen and oxygen atoms in total. The molecule has 0 spiro atoms. The summed E-state index contributed by atoms with van der Waals surface area (Å²) in [5.41, 5.74) is 0.728. The van der Waals surface area contributed by atoms with Crippen LogP contribution in [0.1, 0.15) is 54.1 Å². The number of aromatic nitrogens is 1. The minimum absolute atomic E-state index is 0.0767. The molecule has 2 N–H and O–H groups in total. The lowest BCUT2D eigenvalue weighted by molar-refractivity contribution is -0.118. The van der Waals surface area contributed by atoms with Crippen molar-refractivity contribution in [1.29, 1.82) is 0 Å². The highest BCUT2D eigenvalue weighted by atomic mass is 35.5. The van der Waals surface area contributed by atoms with Crippen molar-refractivity contribution < 1.29 is 14.7 Å². The third-order valence-electron chi connectivity index (χ3n) is 4.66. The molecule has 0 bridgehead atoms. The number of rotatable bonds is 6. The fraction of sp³-hybridized carbons (Fsp3) is 0.389. The van der Waals surface area contributed by atoms with Gasteiger partial charge in [0, 0.05) is 5.38 Å². The van der Waals surface area contributed by atoms with Crippen LogP contribution < -0.4 is 5.32 Å². The molecule has 1 amide bonds. The molecule has 1 aromatic carbocycles. The number of hydrogen-bond acceptors (Lipinski definition) is 4. The zero-order valence-electron chi connectivity index (χ0n) is 13.9. The van der Waals surface area contributed by atoms with Crippen LogP contribution in [0.4, 0.5) is 5.13 Å². The number of benzene rings is 1. The zero-order valence-corrected chi connectivity index (χ0v) is 16.2. The van der Waals surface area contributed by atoms with E-state index >= 15 is 0 Å². The lowest BCUT2D eigenvalue weighted by Crippen LogP contribution is -2.23. The maximum absolute atomic E-state index is 12.9. The van der Waals surface area contributed by atoms with E-state index in [9.17, 15) is 9.59 Å². The topological polar surface area (TPSA) is 79.3 Å². The van der Waals surface area contributed by atoms with Crippen molar-refractivity contribution >= 4 is 51.5 Å². The lowest BCUT2D eigenvalue weighted by atomic mass is 9.87. The third-order valence-corrected chi connectivity index (χ3v) is 6.16. The number of carbonyl (C=O) groups is 2. The average Bonchev–Trinajstić information content (AvgIpc) is 3.27. The molecule has 3 rings (SSSR count). The maximum Gasteiger partial charge on any atom is 0.355 e. The molecule has 1 atom stereocenters. The summed E-state index contributed by atoms with van der Waals surface area (Å²) < 4.78 is 0. The minimum atomic E-state index is -1.12. The number of carbonyl (C=O) groups excluding carboxylic acids is 1. The Labute approximate surface area is 165 Å². The second kappa shape index (κ2) is 8.37. The monoisotopic (exact) mass is 412 g/mol. The zero-order chi connectivity index (χ0) is 18.7. The first-order valence-electron chi connectivity index (χ1n) is 8.38. The van der Waals surface area contributed by atoms with Crippen LogP contribution in [0.3, 0.4) is 0 Å². The van der Waals surface area contributed by atoms with Gasteiger partial charge in [-0.2, -0.15) is 0 Å². The molecular weight excluding hydrogens is 395 g/mol. The number of carboxylic acid groups (broad SMARTS) is 1. The standard InChI is InChI=1S/C18H18Cl2N2O3S/c19-13-6-5-11(8-14(13)20)12(7-10-3-1-2-4-10)16(23)22-18-21-15(9-26-18)17(24)25/h5-6,8-10,12H,1-4,7H2,(H,24,25)(H,21,22,23). The van der Waals surface area contributed by atoms with Gasteiger partial charge in [-0.1, -0.05) is 55.0 Å². The van der Waals surface area contributed by atoms with Crippen molar-refractivity contribution in [3.05, 3.63) is 44.9 Å². The third kappa shape index (κ3) is 4.55. The van der Waals surface area contributed by atoms with Crippen molar-refractivity contribution in [2.45, 2.75) is 38.0 Å². The van der Waals surface area contributed by atoms with Crippen molar-refractivity contribution in [2.24, 2.45) is 5.92 Å². The molecule has 1 fully saturated rings. The van der Waals surface area contributed by atoms with E-state index in [1.807, 2.05) is 6.07 Å². The van der Waals surface area contributed by atoms with E-state index in [1.165, 1.54) is 18.2 Å². The molecule has 138 valence electrons. The Kier molecular flexibility index (Phi) is 6.16. The summed E-state index contributed by atoms with van der Waals surface area (Å²) in [7, 11) is 0. The summed E-state index contributed by atoms with van der Waals surface area (Å²) in [6.07, 6.45) is 5.33. The van der Waals surface area contributed by atoms with Crippen molar-refractivity contribution in [1.82, 2.24) is 4.98 Å². The van der Waals surface area contributed by atoms with Crippen LogP contribution in [-0.4, -0.2) is 22.0 Å². The molecule has 1 heterocycles. The number of nitrogens with one attached hydrogen (secondary N) is 1. The summed E-state index contributed by atoms with van der Waals surface area (Å²) in [5, 5.41) is 14.3. The van der Waals surface area contributed by atoms with Gasteiger partial charge < -0.3 is 10.4 Å². The number of halogens is 2. The summed E-state index contributed by atoms with van der Waals surface area (Å²) in [5.74, 6) is -1.22. The quantitative estimate of drug-likeness (QED) is 0.660. The summed E-state index contributed by atoms with van der Waals surface area (Å²) in [6, 6.07) is 5.24. The first kappa shape index (κ1) is 19.1. The summed E-state index contributed by atoms with van der Waals surface area (Å²) in [4.78, 5) is 27.8. The van der Waals surface area contributed by atoms with Gasteiger partial charge in [0.2, 0.25) is 5.91 Å². The van der Waals surface area contributed by atoms with Gasteiger partial charge in [0.15, 0.2) is 10.8 Å². The van der Waals surface area contributed by atoms with Gasteiger partial charge in [0.05, 0.1) is 16.0 Å². The van der Waals surface area contributed by atoms with E-state index in [0.717, 1.165) is 36.2 Å². The number of nitrogens with zero attached hydrogens (tertiary/aromatic N) is 1. The van der Waals surface area contributed by atoms with Crippen molar-refractivity contribution in [2.75, 3.05) is 5.32 Å². The second-order valence-electron chi connectivity index (χ2n) is 6.44. The minimum Gasteiger partial charge on any atom is -0.476 e. The number of amides is 1. The van der Waals surface area contributed by atoms with Crippen LogP contribution >= 0.6 is 34.5 Å². The molecule has 26 heavy (non-hydrogen) atoms. The molecule has 2 aromatic rings. The Balaban J connectivity index is 1.81. The van der Waals surface area contributed by atoms with Gasteiger partial charge >= 0.3 is 5.97 Å². The molecule has 8 heteroatoms. The molecule has 1 aromatic heterocycles. The highest BCUT2D eigenvalue weighted by Crippen LogP contribution is 2.36. The lowest BCUT2D eigenvalue weighted by Gasteiger charge is -2.20. The van der Waals surface area contributed by atoms with Crippen molar-refractivity contribution in [3.8, 4) is 0 Å². The predicted octanol–water partition coefficient (Wildman–Crippen LogP) is 5.45. The Hall–Kier alpha value is -1.63. The van der Waals surface area contributed by atoms with E-state index in [0.29, 0.717) is 16.0 Å². The SMILES string of the molecule is O=C(O)c1csc(NC(=O)C(CC2CCCC2)c2ccc(Cl)c(Cl)c2)n1. The Bertz CT molecular complexity index is 819. The van der Waals surface area contributed by atoms with Gasteiger partial charge in [-0.3, -0.25) is 4.79 Å². The summed E-state index contributed by atoms with van der Waals surface area (Å²) >= 11 is 13.2. The van der Waals surface area contributed by atoms with Crippen LogP contribution in [0.2, 0.25) is 10.0 Å². The first-order chi connectivity index (χ1) is 12.4. The van der Waals surface area contributed by atoms with E-state index in [2.05, 4.69) is 10.3 Å². The molecule has 1 unspecified atom stereocenters. The Morgan fingerprint density at radius 1 is 1.27 bits per heavy atom. The van der Waals surface area contributed by atoms with E-state index in [1.54, 1.807) is 12.1 Å². The van der Waals surface area contributed by atoms with Crippen LogP contribution in [0, 0.1) is 5.92 Å². The van der Waals surface area contributed by atoms with Gasteiger partial charge in [0.25, 0.3) is 0 Å². The Morgan fingerprint density at radius 3 is 2.62 bits per heavy atom. The predicted molar refractivity (Wildman–Crippen MR) is 103 cm³/mol. The maximum atomic E-state index is 12.9. The summed E-state index contributed by atoms with van der Waals surface area (Å²) in [6.45, 7) is 0.